The van der Waals surface area contributed by atoms with Gasteiger partial charge in [0, 0.05) is 23.2 Å². The quantitative estimate of drug-likeness (QED) is 0.492. The smallest absolute Gasteiger partial charge is 0.274 e. The van der Waals surface area contributed by atoms with Gasteiger partial charge in [0.05, 0.1) is 11.2 Å². The second-order valence-corrected chi connectivity index (χ2v) is 4.35. The van der Waals surface area contributed by atoms with Crippen molar-refractivity contribution >= 4 is 16.8 Å². The van der Waals surface area contributed by atoms with E-state index in [1.807, 2.05) is 29.0 Å². The molecule has 2 aromatic carbocycles. The number of fused-ring (bicyclic) bond motifs is 1. The first-order valence-corrected chi connectivity index (χ1v) is 5.95. The number of nitrogens with one attached hydrogen (secondary N) is 1. The Morgan fingerprint density at radius 3 is 2.90 bits per heavy atom. The van der Waals surface area contributed by atoms with Gasteiger partial charge in [-0.3, -0.25) is 10.0 Å². The molecule has 0 fully saturated rings. The highest BCUT2D eigenvalue weighted by molar-refractivity contribution is 5.94. The Bertz CT molecular complexity index is 793. The maximum Gasteiger partial charge on any atom is 0.274 e. The van der Waals surface area contributed by atoms with Gasteiger partial charge in [-0.1, -0.05) is 6.07 Å². The van der Waals surface area contributed by atoms with Crippen LogP contribution in [0.2, 0.25) is 0 Å². The molecule has 0 atom stereocenters. The standard InChI is InChI=1S/C15H11N2O3/c18-13-8-11(15(19)16-20)7-12(9-13)17-6-5-10-3-1-2-4-14(10)17/h2-9,18,20H,(H,16,19). The predicted octanol–water partition coefficient (Wildman–Crippen LogP) is 2.26. The maximum absolute atomic E-state index is 11.5. The number of phenols is 1. The summed E-state index contributed by atoms with van der Waals surface area (Å²) in [5.41, 5.74) is 3.29. The minimum absolute atomic E-state index is 0.0505. The second-order valence-electron chi connectivity index (χ2n) is 4.35. The fraction of sp³-hybridized carbons (Fsp3) is 0. The van der Waals surface area contributed by atoms with E-state index < -0.39 is 5.91 Å². The molecule has 0 aliphatic carbocycles. The number of aromatic hydroxyl groups is 1. The minimum atomic E-state index is -0.674. The van der Waals surface area contributed by atoms with Crippen molar-refractivity contribution in [3.8, 4) is 11.4 Å². The van der Waals surface area contributed by atoms with Gasteiger partial charge in [0.1, 0.15) is 5.75 Å². The van der Waals surface area contributed by atoms with Gasteiger partial charge < -0.3 is 9.67 Å². The lowest BCUT2D eigenvalue weighted by atomic mass is 10.1. The van der Waals surface area contributed by atoms with Gasteiger partial charge in [-0.05, 0) is 36.4 Å². The monoisotopic (exact) mass is 267 g/mol. The molecule has 5 heteroatoms. The first-order valence-electron chi connectivity index (χ1n) is 5.95. The molecule has 1 radical (unpaired) electrons. The molecular weight excluding hydrogens is 256 g/mol. The first kappa shape index (κ1) is 12.3. The summed E-state index contributed by atoms with van der Waals surface area (Å²) in [7, 11) is 0. The van der Waals surface area contributed by atoms with Crippen LogP contribution in [0.4, 0.5) is 0 Å². The molecular formula is C15H11N2O3. The van der Waals surface area contributed by atoms with Gasteiger partial charge in [-0.2, -0.15) is 0 Å². The van der Waals surface area contributed by atoms with Crippen molar-refractivity contribution in [1.82, 2.24) is 10.0 Å². The summed E-state index contributed by atoms with van der Waals surface area (Å²) in [6.07, 6.45) is 1.84. The normalized spacial score (nSPS) is 10.7. The molecule has 0 aliphatic heterocycles. The van der Waals surface area contributed by atoms with Gasteiger partial charge in [-0.25, -0.2) is 5.48 Å². The Hall–Kier alpha value is -2.79. The van der Waals surface area contributed by atoms with E-state index in [-0.39, 0.29) is 11.3 Å². The number of nitrogens with zero attached hydrogens (tertiary/aromatic N) is 1. The molecule has 3 N–H and O–H groups in total. The molecule has 3 rings (SSSR count). The van der Waals surface area contributed by atoms with Crippen molar-refractivity contribution in [3.63, 3.8) is 0 Å². The molecule has 0 spiro atoms. The second kappa shape index (κ2) is 4.71. The van der Waals surface area contributed by atoms with Crippen LogP contribution in [0.1, 0.15) is 10.4 Å². The third kappa shape index (κ3) is 2.00. The molecule has 0 saturated carbocycles. The molecule has 5 nitrogen and oxygen atoms in total. The van der Waals surface area contributed by atoms with Crippen molar-refractivity contribution in [2.75, 3.05) is 0 Å². The van der Waals surface area contributed by atoms with Crippen LogP contribution in [0, 0.1) is 6.07 Å². The Labute approximate surface area is 114 Å². The number of aromatic nitrogens is 1. The number of phenolic OH excluding ortho intramolecular Hbond substituents is 1. The molecule has 1 amide bonds. The van der Waals surface area contributed by atoms with Gasteiger partial charge in [-0.15, -0.1) is 0 Å². The number of carbonyl (C=O) groups excluding carboxylic acids is 1. The highest BCUT2D eigenvalue weighted by atomic mass is 16.5. The molecule has 1 heterocycles. The van der Waals surface area contributed by atoms with E-state index in [0.717, 1.165) is 10.9 Å². The van der Waals surface area contributed by atoms with Crippen LogP contribution in [-0.4, -0.2) is 20.8 Å². The topological polar surface area (TPSA) is 74.5 Å². The number of benzene rings is 2. The third-order valence-corrected chi connectivity index (χ3v) is 3.08. The van der Waals surface area contributed by atoms with E-state index in [4.69, 9.17) is 5.21 Å². The lowest BCUT2D eigenvalue weighted by Gasteiger charge is -2.08. The highest BCUT2D eigenvalue weighted by Gasteiger charge is 2.10. The molecule has 0 unspecified atom stereocenters. The fourth-order valence-electron chi connectivity index (χ4n) is 2.18. The summed E-state index contributed by atoms with van der Waals surface area (Å²) in [5, 5.41) is 19.4. The number of hydrogen-bond donors (Lipinski definition) is 3. The SMILES string of the molecule is O=C(NO)c1cc(O)cc(-n2ccc3c[c]ccc32)c1. The Morgan fingerprint density at radius 1 is 1.25 bits per heavy atom. The number of amides is 1. The summed E-state index contributed by atoms with van der Waals surface area (Å²) in [6.45, 7) is 0. The molecule has 20 heavy (non-hydrogen) atoms. The molecule has 0 bridgehead atoms. The molecule has 99 valence electrons. The minimum Gasteiger partial charge on any atom is -0.508 e. The largest absolute Gasteiger partial charge is 0.508 e. The lowest BCUT2D eigenvalue weighted by Crippen LogP contribution is -2.18. The average molecular weight is 267 g/mol. The maximum atomic E-state index is 11.5. The van der Waals surface area contributed by atoms with Crippen LogP contribution >= 0.6 is 0 Å². The van der Waals surface area contributed by atoms with Crippen molar-refractivity contribution in [3.05, 3.63) is 60.3 Å². The summed E-state index contributed by atoms with van der Waals surface area (Å²) >= 11 is 0. The molecule has 3 aromatic rings. The Kier molecular flexibility index (Phi) is 2.89. The zero-order valence-corrected chi connectivity index (χ0v) is 10.4. The highest BCUT2D eigenvalue weighted by Crippen LogP contribution is 2.24. The van der Waals surface area contributed by atoms with Gasteiger partial charge in [0.15, 0.2) is 0 Å². The van der Waals surface area contributed by atoms with E-state index in [1.165, 1.54) is 6.07 Å². The number of hydrogen-bond acceptors (Lipinski definition) is 3. The van der Waals surface area contributed by atoms with Crippen molar-refractivity contribution in [2.45, 2.75) is 0 Å². The summed E-state index contributed by atoms with van der Waals surface area (Å²) in [4.78, 5) is 11.5. The van der Waals surface area contributed by atoms with Crippen molar-refractivity contribution < 1.29 is 15.1 Å². The Balaban J connectivity index is 2.19. The van der Waals surface area contributed by atoms with E-state index >= 15 is 0 Å². The number of carbonyl (C=O) groups is 1. The van der Waals surface area contributed by atoms with E-state index in [1.54, 1.807) is 23.7 Å². The first-order chi connectivity index (χ1) is 9.69. The van der Waals surface area contributed by atoms with Crippen molar-refractivity contribution in [2.24, 2.45) is 0 Å². The number of hydroxylamine groups is 1. The van der Waals surface area contributed by atoms with E-state index in [0.29, 0.717) is 5.69 Å². The average Bonchev–Trinajstić information content (AvgIpc) is 2.89. The van der Waals surface area contributed by atoms with Gasteiger partial charge in [0.25, 0.3) is 5.91 Å². The predicted molar refractivity (Wildman–Crippen MR) is 73.0 cm³/mol. The van der Waals surface area contributed by atoms with Crippen LogP contribution in [-0.2, 0) is 0 Å². The van der Waals surface area contributed by atoms with Crippen LogP contribution in [0.3, 0.4) is 0 Å². The fourth-order valence-corrected chi connectivity index (χ4v) is 2.18. The van der Waals surface area contributed by atoms with E-state index in [9.17, 15) is 9.90 Å². The van der Waals surface area contributed by atoms with Crippen LogP contribution < -0.4 is 5.48 Å². The van der Waals surface area contributed by atoms with Gasteiger partial charge >= 0.3 is 0 Å². The van der Waals surface area contributed by atoms with Crippen LogP contribution in [0.15, 0.2) is 48.7 Å². The number of rotatable bonds is 2. The molecule has 0 aliphatic rings. The lowest BCUT2D eigenvalue weighted by molar-refractivity contribution is 0.0706. The van der Waals surface area contributed by atoms with Crippen molar-refractivity contribution in [1.29, 1.82) is 0 Å². The van der Waals surface area contributed by atoms with Crippen LogP contribution in [0.5, 0.6) is 5.75 Å². The third-order valence-electron chi connectivity index (χ3n) is 3.08. The summed E-state index contributed by atoms with van der Waals surface area (Å²) in [5.74, 6) is -0.725. The zero-order valence-electron chi connectivity index (χ0n) is 10.4. The van der Waals surface area contributed by atoms with Gasteiger partial charge in [0.2, 0.25) is 0 Å². The zero-order chi connectivity index (χ0) is 14.1. The Morgan fingerprint density at radius 2 is 2.10 bits per heavy atom. The van der Waals surface area contributed by atoms with Crippen LogP contribution in [0.25, 0.3) is 16.6 Å². The molecule has 1 aromatic heterocycles. The van der Waals surface area contributed by atoms with E-state index in [2.05, 4.69) is 6.07 Å². The summed E-state index contributed by atoms with van der Waals surface area (Å²) < 4.78 is 1.84. The summed E-state index contributed by atoms with van der Waals surface area (Å²) in [6, 6.07) is 14.9. The molecule has 0 saturated heterocycles.